The predicted octanol–water partition coefficient (Wildman–Crippen LogP) is 7.07. The molecule has 0 radical (unpaired) electrons. The van der Waals surface area contributed by atoms with Crippen molar-refractivity contribution in [1.82, 2.24) is 0 Å². The van der Waals surface area contributed by atoms with Crippen LogP contribution < -0.4 is 0 Å². The molecule has 1 heterocycles. The third-order valence-electron chi connectivity index (χ3n) is 8.15. The van der Waals surface area contributed by atoms with Crippen LogP contribution in [0.2, 0.25) is 0 Å². The van der Waals surface area contributed by atoms with Gasteiger partial charge in [-0.2, -0.15) is 0 Å². The van der Waals surface area contributed by atoms with E-state index in [4.69, 9.17) is 9.47 Å². The van der Waals surface area contributed by atoms with Gasteiger partial charge in [-0.25, -0.2) is 0 Å². The molecule has 3 rings (SSSR count). The van der Waals surface area contributed by atoms with E-state index in [1.165, 1.54) is 83.5 Å². The van der Waals surface area contributed by atoms with Gasteiger partial charge in [-0.1, -0.05) is 45.4 Å². The van der Waals surface area contributed by atoms with E-state index in [2.05, 4.69) is 13.8 Å². The van der Waals surface area contributed by atoms with E-state index in [0.717, 1.165) is 37.7 Å². The molecule has 0 spiro atoms. The zero-order chi connectivity index (χ0) is 20.5. The first-order valence-electron chi connectivity index (χ1n) is 13.0. The lowest BCUT2D eigenvalue weighted by Gasteiger charge is -2.37. The SMILES string of the molecule is CCCCCC1CCC(C2CCC(CCC3CCC(OCC)CC3)CC2)C(=O)O1. The van der Waals surface area contributed by atoms with Crippen LogP contribution in [0.3, 0.4) is 0 Å². The van der Waals surface area contributed by atoms with Gasteiger partial charge >= 0.3 is 5.97 Å². The van der Waals surface area contributed by atoms with E-state index in [1.807, 2.05) is 0 Å². The Balaban J connectivity index is 1.30. The van der Waals surface area contributed by atoms with Crippen molar-refractivity contribution in [3.05, 3.63) is 0 Å². The summed E-state index contributed by atoms with van der Waals surface area (Å²) in [6, 6.07) is 0. The average Bonchev–Trinajstić information content (AvgIpc) is 2.74. The standard InChI is InChI=1S/C26H46O3/c1-3-5-6-7-24-18-19-25(26(27)29-24)22-14-10-20(11-15-22)8-9-21-12-16-23(17-13-21)28-4-2/h20-25H,3-19H2,1-2H3. The molecule has 0 amide bonds. The molecule has 1 saturated heterocycles. The maximum absolute atomic E-state index is 12.6. The number of cyclic esters (lactones) is 1. The van der Waals surface area contributed by atoms with Gasteiger partial charge in [-0.05, 0) is 88.9 Å². The van der Waals surface area contributed by atoms with Gasteiger partial charge in [0.2, 0.25) is 0 Å². The van der Waals surface area contributed by atoms with Crippen molar-refractivity contribution in [3.63, 3.8) is 0 Å². The molecule has 29 heavy (non-hydrogen) atoms. The first-order chi connectivity index (χ1) is 14.2. The number of esters is 1. The number of unbranched alkanes of at least 4 members (excludes halogenated alkanes) is 2. The number of hydrogen-bond acceptors (Lipinski definition) is 3. The van der Waals surface area contributed by atoms with Crippen molar-refractivity contribution in [2.75, 3.05) is 6.61 Å². The van der Waals surface area contributed by atoms with Gasteiger partial charge in [0.05, 0.1) is 12.0 Å². The van der Waals surface area contributed by atoms with Crippen molar-refractivity contribution < 1.29 is 14.3 Å². The van der Waals surface area contributed by atoms with Crippen LogP contribution in [-0.2, 0) is 14.3 Å². The summed E-state index contributed by atoms with van der Waals surface area (Å²) in [4.78, 5) is 12.6. The summed E-state index contributed by atoms with van der Waals surface area (Å²) in [6.45, 7) is 5.21. The highest BCUT2D eigenvalue weighted by Gasteiger charge is 2.37. The van der Waals surface area contributed by atoms with Crippen LogP contribution in [0.25, 0.3) is 0 Å². The highest BCUT2D eigenvalue weighted by atomic mass is 16.5. The number of hydrogen-bond donors (Lipinski definition) is 0. The highest BCUT2D eigenvalue weighted by Crippen LogP contribution is 2.41. The number of carbonyl (C=O) groups is 1. The molecule has 1 aliphatic heterocycles. The Morgan fingerprint density at radius 1 is 0.793 bits per heavy atom. The van der Waals surface area contributed by atoms with Crippen LogP contribution in [0.4, 0.5) is 0 Å². The third kappa shape index (κ3) is 7.26. The molecule has 2 atom stereocenters. The smallest absolute Gasteiger partial charge is 0.309 e. The highest BCUT2D eigenvalue weighted by molar-refractivity contribution is 5.73. The summed E-state index contributed by atoms with van der Waals surface area (Å²) >= 11 is 0. The molecule has 0 aromatic heterocycles. The van der Waals surface area contributed by atoms with E-state index in [1.54, 1.807) is 0 Å². The van der Waals surface area contributed by atoms with Crippen LogP contribution in [0.1, 0.15) is 117 Å². The Hall–Kier alpha value is -0.570. The Kier molecular flexibility index (Phi) is 9.82. The molecule has 0 aromatic rings. The van der Waals surface area contributed by atoms with Crippen LogP contribution in [0.15, 0.2) is 0 Å². The van der Waals surface area contributed by atoms with Crippen molar-refractivity contribution in [3.8, 4) is 0 Å². The van der Waals surface area contributed by atoms with Gasteiger partial charge in [0.1, 0.15) is 6.10 Å². The second-order valence-corrected chi connectivity index (χ2v) is 10.2. The zero-order valence-corrected chi connectivity index (χ0v) is 19.2. The summed E-state index contributed by atoms with van der Waals surface area (Å²) < 4.78 is 11.6. The normalized spacial score (nSPS) is 36.0. The molecule has 2 saturated carbocycles. The van der Waals surface area contributed by atoms with Gasteiger partial charge in [-0.15, -0.1) is 0 Å². The Morgan fingerprint density at radius 2 is 1.45 bits per heavy atom. The van der Waals surface area contributed by atoms with Crippen LogP contribution in [0, 0.1) is 23.7 Å². The predicted molar refractivity (Wildman–Crippen MR) is 119 cm³/mol. The first-order valence-corrected chi connectivity index (χ1v) is 13.0. The van der Waals surface area contributed by atoms with E-state index < -0.39 is 0 Å². The molecule has 168 valence electrons. The summed E-state index contributed by atoms with van der Waals surface area (Å²) in [6.07, 6.45) is 21.0. The average molecular weight is 407 g/mol. The van der Waals surface area contributed by atoms with Gasteiger partial charge in [0.25, 0.3) is 0 Å². The summed E-state index contributed by atoms with van der Waals surface area (Å²) in [7, 11) is 0. The zero-order valence-electron chi connectivity index (χ0n) is 19.2. The molecule has 3 fully saturated rings. The molecule has 0 aromatic carbocycles. The minimum Gasteiger partial charge on any atom is -0.462 e. The lowest BCUT2D eigenvalue weighted by molar-refractivity contribution is -0.164. The van der Waals surface area contributed by atoms with Crippen molar-refractivity contribution in [2.24, 2.45) is 23.7 Å². The minimum absolute atomic E-state index is 0.132. The summed E-state index contributed by atoms with van der Waals surface area (Å²) in [5.41, 5.74) is 0. The molecule has 3 heteroatoms. The molecule has 2 aliphatic carbocycles. The first kappa shape index (κ1) is 23.1. The Morgan fingerprint density at radius 3 is 2.03 bits per heavy atom. The lowest BCUT2D eigenvalue weighted by Crippen LogP contribution is -2.36. The molecule has 3 nitrogen and oxygen atoms in total. The quantitative estimate of drug-likeness (QED) is 0.287. The van der Waals surface area contributed by atoms with E-state index >= 15 is 0 Å². The fourth-order valence-electron chi connectivity index (χ4n) is 6.22. The topological polar surface area (TPSA) is 35.5 Å². The van der Waals surface area contributed by atoms with E-state index in [9.17, 15) is 4.79 Å². The fraction of sp³-hybridized carbons (Fsp3) is 0.962. The van der Waals surface area contributed by atoms with Gasteiger partial charge < -0.3 is 9.47 Å². The molecule has 2 unspecified atom stereocenters. The van der Waals surface area contributed by atoms with E-state index in [0.29, 0.717) is 12.0 Å². The minimum atomic E-state index is 0.132. The molecule has 3 aliphatic rings. The maximum atomic E-state index is 12.6. The van der Waals surface area contributed by atoms with Gasteiger partial charge in [0, 0.05) is 6.61 Å². The molecular formula is C26H46O3. The van der Waals surface area contributed by atoms with Gasteiger partial charge in [0.15, 0.2) is 0 Å². The van der Waals surface area contributed by atoms with Gasteiger partial charge in [-0.3, -0.25) is 4.79 Å². The van der Waals surface area contributed by atoms with Crippen molar-refractivity contribution >= 4 is 5.97 Å². The molecular weight excluding hydrogens is 360 g/mol. The monoisotopic (exact) mass is 406 g/mol. The number of carbonyl (C=O) groups excluding carboxylic acids is 1. The number of rotatable bonds is 10. The summed E-state index contributed by atoms with van der Waals surface area (Å²) in [5, 5.41) is 0. The Labute approximate surface area is 179 Å². The second kappa shape index (κ2) is 12.3. The van der Waals surface area contributed by atoms with Crippen molar-refractivity contribution in [1.29, 1.82) is 0 Å². The maximum Gasteiger partial charge on any atom is 0.309 e. The van der Waals surface area contributed by atoms with Crippen molar-refractivity contribution in [2.45, 2.75) is 129 Å². The Bertz CT molecular complexity index is 461. The fourth-order valence-corrected chi connectivity index (χ4v) is 6.22. The largest absolute Gasteiger partial charge is 0.462 e. The second-order valence-electron chi connectivity index (χ2n) is 10.2. The third-order valence-corrected chi connectivity index (χ3v) is 8.15. The van der Waals surface area contributed by atoms with Crippen LogP contribution in [-0.4, -0.2) is 24.8 Å². The molecule has 0 bridgehead atoms. The summed E-state index contributed by atoms with van der Waals surface area (Å²) in [5.74, 6) is 2.76. The lowest BCUT2D eigenvalue weighted by atomic mass is 9.71. The molecule has 0 N–H and O–H groups in total. The van der Waals surface area contributed by atoms with E-state index in [-0.39, 0.29) is 18.0 Å². The number of ether oxygens (including phenoxy) is 2. The van der Waals surface area contributed by atoms with Crippen LogP contribution in [0.5, 0.6) is 0 Å². The van der Waals surface area contributed by atoms with Crippen LogP contribution >= 0.6 is 0 Å².